The molecule has 3 rings (SSSR count). The van der Waals surface area contributed by atoms with Crippen LogP contribution in [0.2, 0.25) is 4.34 Å². The van der Waals surface area contributed by atoms with Gasteiger partial charge in [0.15, 0.2) is 0 Å². The van der Waals surface area contributed by atoms with Gasteiger partial charge in [-0.15, -0.1) is 11.3 Å². The quantitative estimate of drug-likeness (QED) is 0.909. The molecule has 6 heteroatoms. The molecule has 4 nitrogen and oxygen atoms in total. The molecule has 20 heavy (non-hydrogen) atoms. The average molecular weight is 315 g/mol. The molecular weight excluding hydrogens is 296 g/mol. The van der Waals surface area contributed by atoms with E-state index in [9.17, 15) is 9.90 Å². The topological polar surface area (TPSA) is 43.8 Å². The highest BCUT2D eigenvalue weighted by atomic mass is 35.5. The van der Waals surface area contributed by atoms with Crippen molar-refractivity contribution in [2.24, 2.45) is 0 Å². The van der Waals surface area contributed by atoms with Gasteiger partial charge in [-0.05, 0) is 31.4 Å². The predicted octanol–water partition coefficient (Wildman–Crippen LogP) is 2.07. The Balaban J connectivity index is 1.57. The number of hydrogen-bond acceptors (Lipinski definition) is 4. The molecule has 0 bridgehead atoms. The molecule has 0 spiro atoms. The summed E-state index contributed by atoms with van der Waals surface area (Å²) in [6.45, 7) is 3.17. The van der Waals surface area contributed by atoms with Crippen molar-refractivity contribution in [1.82, 2.24) is 9.80 Å². The van der Waals surface area contributed by atoms with Crippen LogP contribution in [0.5, 0.6) is 0 Å². The first kappa shape index (κ1) is 14.3. The fourth-order valence-corrected chi connectivity index (χ4v) is 4.20. The molecule has 1 aromatic rings. The Bertz CT molecular complexity index is 485. The van der Waals surface area contributed by atoms with E-state index < -0.39 is 0 Å². The van der Waals surface area contributed by atoms with Crippen LogP contribution >= 0.6 is 22.9 Å². The number of aliphatic hydroxyl groups excluding tert-OH is 1. The molecule has 0 aromatic carbocycles. The van der Waals surface area contributed by atoms with Crippen LogP contribution in [0.1, 0.15) is 28.9 Å². The van der Waals surface area contributed by atoms with E-state index in [1.165, 1.54) is 11.3 Å². The van der Waals surface area contributed by atoms with Gasteiger partial charge < -0.3 is 10.0 Å². The first-order chi connectivity index (χ1) is 9.65. The predicted molar refractivity (Wildman–Crippen MR) is 80.5 cm³/mol. The summed E-state index contributed by atoms with van der Waals surface area (Å²) in [5, 5.41) is 9.96. The molecule has 2 atom stereocenters. The number of rotatable bonds is 2. The van der Waals surface area contributed by atoms with Gasteiger partial charge in [0.25, 0.3) is 5.91 Å². The standard InChI is InChI=1S/C14H19ClN2O2S/c15-13-5-4-12(20-13)14(19)17-8-6-16(7-9-17)10-2-1-3-11(10)18/h4-5,10-11,18H,1-3,6-9H2/t10-,11+/m1/s1. The van der Waals surface area contributed by atoms with Crippen molar-refractivity contribution in [2.75, 3.05) is 26.2 Å². The summed E-state index contributed by atoms with van der Waals surface area (Å²) in [4.78, 5) is 17.3. The molecule has 1 saturated carbocycles. The second-order valence-electron chi connectivity index (χ2n) is 5.50. The Morgan fingerprint density at radius 2 is 2.00 bits per heavy atom. The van der Waals surface area contributed by atoms with Crippen LogP contribution in [0.3, 0.4) is 0 Å². The second-order valence-corrected chi connectivity index (χ2v) is 7.21. The van der Waals surface area contributed by atoms with E-state index in [-0.39, 0.29) is 12.0 Å². The Labute approximate surface area is 127 Å². The Morgan fingerprint density at radius 1 is 1.25 bits per heavy atom. The molecule has 1 aliphatic carbocycles. The minimum absolute atomic E-state index is 0.0773. The number of carbonyl (C=O) groups excluding carboxylic acids is 1. The zero-order chi connectivity index (χ0) is 14.1. The molecule has 1 aromatic heterocycles. The summed E-state index contributed by atoms with van der Waals surface area (Å²) in [5.41, 5.74) is 0. The molecule has 1 saturated heterocycles. The maximum absolute atomic E-state index is 12.3. The van der Waals surface area contributed by atoms with Crippen molar-refractivity contribution < 1.29 is 9.90 Å². The van der Waals surface area contributed by atoms with Gasteiger partial charge in [0.1, 0.15) is 0 Å². The van der Waals surface area contributed by atoms with Crippen LogP contribution < -0.4 is 0 Å². The number of halogens is 1. The first-order valence-electron chi connectivity index (χ1n) is 7.12. The molecule has 2 heterocycles. The normalized spacial score (nSPS) is 28.0. The summed E-state index contributed by atoms with van der Waals surface area (Å²) >= 11 is 7.22. The minimum Gasteiger partial charge on any atom is -0.391 e. The fraction of sp³-hybridized carbons (Fsp3) is 0.643. The third-order valence-electron chi connectivity index (χ3n) is 4.30. The van der Waals surface area contributed by atoms with Crippen LogP contribution in [0, 0.1) is 0 Å². The van der Waals surface area contributed by atoms with Gasteiger partial charge in [-0.3, -0.25) is 9.69 Å². The number of hydrogen-bond donors (Lipinski definition) is 1. The number of aliphatic hydroxyl groups is 1. The third kappa shape index (κ3) is 2.86. The van der Waals surface area contributed by atoms with Crippen molar-refractivity contribution in [3.8, 4) is 0 Å². The number of nitrogens with zero attached hydrogens (tertiary/aromatic N) is 2. The molecular formula is C14H19ClN2O2S. The van der Waals surface area contributed by atoms with Gasteiger partial charge in [0, 0.05) is 32.2 Å². The third-order valence-corrected chi connectivity index (χ3v) is 5.52. The average Bonchev–Trinajstić information content (AvgIpc) is 3.07. The highest BCUT2D eigenvalue weighted by Gasteiger charge is 2.33. The van der Waals surface area contributed by atoms with Gasteiger partial charge in [-0.2, -0.15) is 0 Å². The van der Waals surface area contributed by atoms with Crippen LogP contribution in [-0.2, 0) is 0 Å². The Morgan fingerprint density at radius 3 is 2.55 bits per heavy atom. The first-order valence-corrected chi connectivity index (χ1v) is 8.31. The largest absolute Gasteiger partial charge is 0.391 e. The van der Waals surface area contributed by atoms with E-state index in [1.54, 1.807) is 12.1 Å². The van der Waals surface area contributed by atoms with E-state index in [0.717, 1.165) is 45.4 Å². The van der Waals surface area contributed by atoms with E-state index in [2.05, 4.69) is 4.90 Å². The van der Waals surface area contributed by atoms with Crippen LogP contribution in [-0.4, -0.2) is 59.1 Å². The van der Waals surface area contributed by atoms with Crippen molar-refractivity contribution in [3.63, 3.8) is 0 Å². The van der Waals surface area contributed by atoms with Gasteiger partial charge in [-0.25, -0.2) is 0 Å². The lowest BCUT2D eigenvalue weighted by Crippen LogP contribution is -2.53. The summed E-state index contributed by atoms with van der Waals surface area (Å²) < 4.78 is 0.654. The van der Waals surface area contributed by atoms with Gasteiger partial charge in [0.2, 0.25) is 0 Å². The van der Waals surface area contributed by atoms with E-state index in [4.69, 9.17) is 11.6 Å². The molecule has 2 aliphatic rings. The minimum atomic E-state index is -0.187. The van der Waals surface area contributed by atoms with Gasteiger partial charge in [0.05, 0.1) is 15.3 Å². The lowest BCUT2D eigenvalue weighted by Gasteiger charge is -2.38. The number of piperazine rings is 1. The lowest BCUT2D eigenvalue weighted by molar-refractivity contribution is 0.0318. The number of carbonyl (C=O) groups is 1. The molecule has 1 aliphatic heterocycles. The number of thiophene rings is 1. The van der Waals surface area contributed by atoms with Crippen molar-refractivity contribution in [1.29, 1.82) is 0 Å². The maximum Gasteiger partial charge on any atom is 0.264 e. The van der Waals surface area contributed by atoms with Crippen molar-refractivity contribution >= 4 is 28.8 Å². The summed E-state index contributed by atoms with van der Waals surface area (Å²) in [6.07, 6.45) is 2.92. The van der Waals surface area contributed by atoms with Crippen LogP contribution in [0.15, 0.2) is 12.1 Å². The lowest BCUT2D eigenvalue weighted by atomic mass is 10.1. The van der Waals surface area contributed by atoms with Gasteiger partial charge >= 0.3 is 0 Å². The molecule has 1 N–H and O–H groups in total. The van der Waals surface area contributed by atoms with Crippen LogP contribution in [0.25, 0.3) is 0 Å². The monoisotopic (exact) mass is 314 g/mol. The summed E-state index contributed by atoms with van der Waals surface area (Å²) in [6, 6.07) is 3.86. The Hall–Kier alpha value is -0.620. The van der Waals surface area contributed by atoms with Crippen molar-refractivity contribution in [3.05, 3.63) is 21.3 Å². The zero-order valence-corrected chi connectivity index (χ0v) is 12.9. The van der Waals surface area contributed by atoms with Crippen LogP contribution in [0.4, 0.5) is 0 Å². The Kier molecular flexibility index (Phi) is 4.31. The van der Waals surface area contributed by atoms with E-state index >= 15 is 0 Å². The molecule has 0 radical (unpaired) electrons. The molecule has 110 valence electrons. The maximum atomic E-state index is 12.3. The SMILES string of the molecule is O=C(c1ccc(Cl)s1)N1CCN([C@@H]2CCC[C@@H]2O)CC1. The smallest absolute Gasteiger partial charge is 0.264 e. The molecule has 0 unspecified atom stereocenters. The molecule has 1 amide bonds. The zero-order valence-electron chi connectivity index (χ0n) is 11.3. The van der Waals surface area contributed by atoms with E-state index in [0.29, 0.717) is 15.3 Å². The number of amides is 1. The van der Waals surface area contributed by atoms with E-state index in [1.807, 2.05) is 4.90 Å². The van der Waals surface area contributed by atoms with Gasteiger partial charge in [-0.1, -0.05) is 11.6 Å². The summed E-state index contributed by atoms with van der Waals surface area (Å²) in [5.74, 6) is 0.0773. The summed E-state index contributed by atoms with van der Waals surface area (Å²) in [7, 11) is 0. The second kappa shape index (κ2) is 6.02. The molecule has 2 fully saturated rings. The van der Waals surface area contributed by atoms with Crippen molar-refractivity contribution in [2.45, 2.75) is 31.4 Å². The highest BCUT2D eigenvalue weighted by Crippen LogP contribution is 2.26. The fourth-order valence-electron chi connectivity index (χ4n) is 3.19. The highest BCUT2D eigenvalue weighted by molar-refractivity contribution is 7.17.